The number of fused-ring (bicyclic) bond motifs is 1. The Bertz CT molecular complexity index is 937. The molecule has 1 fully saturated rings. The van der Waals surface area contributed by atoms with Gasteiger partial charge in [-0.2, -0.15) is 0 Å². The van der Waals surface area contributed by atoms with Gasteiger partial charge < -0.3 is 10.1 Å². The molecule has 1 aliphatic heterocycles. The van der Waals surface area contributed by atoms with Crippen molar-refractivity contribution < 1.29 is 9.53 Å². The predicted molar refractivity (Wildman–Crippen MR) is 115 cm³/mol. The molecule has 0 radical (unpaired) electrons. The molecule has 1 aliphatic rings. The van der Waals surface area contributed by atoms with Crippen LogP contribution in [-0.2, 0) is 11.3 Å². The molecule has 1 N–H and O–H groups in total. The average molecular weight is 389 g/mol. The van der Waals surface area contributed by atoms with Crippen molar-refractivity contribution in [3.8, 4) is 5.75 Å². The third-order valence-electron chi connectivity index (χ3n) is 5.54. The number of pyridine rings is 1. The van der Waals surface area contributed by atoms with E-state index in [4.69, 9.17) is 4.74 Å². The molecule has 4 rings (SSSR count). The van der Waals surface area contributed by atoms with Crippen LogP contribution in [0.5, 0.6) is 5.75 Å². The molecule has 5 heteroatoms. The SMILES string of the molecule is O=C(COc1ccc2ccccc2c1)NCC1CCN(Cc2ccncc2)CC1. The van der Waals surface area contributed by atoms with Gasteiger partial charge in [-0.3, -0.25) is 14.7 Å². The summed E-state index contributed by atoms with van der Waals surface area (Å²) in [5, 5.41) is 5.31. The highest BCUT2D eigenvalue weighted by Crippen LogP contribution is 2.21. The summed E-state index contributed by atoms with van der Waals surface area (Å²) in [6.45, 7) is 3.89. The zero-order valence-corrected chi connectivity index (χ0v) is 16.6. The van der Waals surface area contributed by atoms with Gasteiger partial charge >= 0.3 is 0 Å². The van der Waals surface area contributed by atoms with Gasteiger partial charge in [0.2, 0.25) is 0 Å². The number of nitrogens with zero attached hydrogens (tertiary/aromatic N) is 2. The fraction of sp³-hybridized carbons (Fsp3) is 0.333. The summed E-state index contributed by atoms with van der Waals surface area (Å²) in [6.07, 6.45) is 5.91. The van der Waals surface area contributed by atoms with Crippen molar-refractivity contribution in [2.24, 2.45) is 5.92 Å². The summed E-state index contributed by atoms with van der Waals surface area (Å²) in [5.41, 5.74) is 1.30. The summed E-state index contributed by atoms with van der Waals surface area (Å²) in [5.74, 6) is 1.20. The van der Waals surface area contributed by atoms with Crippen molar-refractivity contribution in [1.29, 1.82) is 0 Å². The molecule has 0 atom stereocenters. The number of ether oxygens (including phenoxy) is 1. The maximum atomic E-state index is 12.2. The number of carbonyl (C=O) groups is 1. The molecule has 0 saturated carbocycles. The highest BCUT2D eigenvalue weighted by molar-refractivity contribution is 5.84. The molecule has 150 valence electrons. The molecule has 0 aliphatic carbocycles. The summed E-state index contributed by atoms with van der Waals surface area (Å²) in [7, 11) is 0. The van der Waals surface area contributed by atoms with E-state index in [1.807, 2.05) is 48.8 Å². The lowest BCUT2D eigenvalue weighted by Crippen LogP contribution is -2.39. The van der Waals surface area contributed by atoms with Crippen LogP contribution in [0.1, 0.15) is 18.4 Å². The van der Waals surface area contributed by atoms with Crippen molar-refractivity contribution in [3.63, 3.8) is 0 Å². The zero-order chi connectivity index (χ0) is 19.9. The van der Waals surface area contributed by atoms with Crippen molar-refractivity contribution >= 4 is 16.7 Å². The monoisotopic (exact) mass is 389 g/mol. The second-order valence-electron chi connectivity index (χ2n) is 7.68. The Morgan fingerprint density at radius 3 is 2.59 bits per heavy atom. The molecule has 0 bridgehead atoms. The van der Waals surface area contributed by atoms with E-state index in [1.54, 1.807) is 0 Å². The number of likely N-dealkylation sites (tertiary alicyclic amines) is 1. The second kappa shape index (κ2) is 9.52. The number of hydrogen-bond donors (Lipinski definition) is 1. The van der Waals surface area contributed by atoms with Crippen LogP contribution < -0.4 is 10.1 Å². The van der Waals surface area contributed by atoms with E-state index in [-0.39, 0.29) is 12.5 Å². The Morgan fingerprint density at radius 1 is 1.03 bits per heavy atom. The van der Waals surface area contributed by atoms with Crippen molar-refractivity contribution in [2.75, 3.05) is 26.2 Å². The largest absolute Gasteiger partial charge is 0.484 e. The zero-order valence-electron chi connectivity index (χ0n) is 16.6. The third kappa shape index (κ3) is 5.55. The van der Waals surface area contributed by atoms with Gasteiger partial charge in [0, 0.05) is 25.5 Å². The quantitative estimate of drug-likeness (QED) is 0.670. The lowest BCUT2D eigenvalue weighted by atomic mass is 9.96. The molecule has 5 nitrogen and oxygen atoms in total. The van der Waals surface area contributed by atoms with Gasteiger partial charge in [-0.1, -0.05) is 30.3 Å². The Labute approximate surface area is 171 Å². The number of benzene rings is 2. The Hall–Kier alpha value is -2.92. The van der Waals surface area contributed by atoms with E-state index in [0.717, 1.165) is 50.2 Å². The normalized spacial score (nSPS) is 15.3. The Kier molecular flexibility index (Phi) is 6.37. The van der Waals surface area contributed by atoms with Gasteiger partial charge in [0.05, 0.1) is 0 Å². The number of rotatable bonds is 7. The molecule has 0 spiro atoms. The lowest BCUT2D eigenvalue weighted by molar-refractivity contribution is -0.123. The maximum absolute atomic E-state index is 12.2. The molecule has 2 heterocycles. The first-order chi connectivity index (χ1) is 14.3. The number of hydrogen-bond acceptors (Lipinski definition) is 4. The first-order valence-electron chi connectivity index (χ1n) is 10.3. The van der Waals surface area contributed by atoms with Crippen LogP contribution in [0.15, 0.2) is 67.0 Å². The number of amides is 1. The summed E-state index contributed by atoms with van der Waals surface area (Å²) in [6, 6.07) is 18.2. The van der Waals surface area contributed by atoms with Crippen LogP contribution in [0, 0.1) is 5.92 Å². The third-order valence-corrected chi connectivity index (χ3v) is 5.54. The highest BCUT2D eigenvalue weighted by Gasteiger charge is 2.19. The molecular weight excluding hydrogens is 362 g/mol. The number of piperidine rings is 1. The van der Waals surface area contributed by atoms with E-state index in [1.165, 1.54) is 10.9 Å². The topological polar surface area (TPSA) is 54.5 Å². The van der Waals surface area contributed by atoms with Gasteiger partial charge in [0.1, 0.15) is 5.75 Å². The smallest absolute Gasteiger partial charge is 0.257 e. The van der Waals surface area contributed by atoms with Crippen LogP contribution in [0.25, 0.3) is 10.8 Å². The molecule has 0 unspecified atom stereocenters. The van der Waals surface area contributed by atoms with Crippen LogP contribution in [0.2, 0.25) is 0 Å². The molecular formula is C24H27N3O2. The van der Waals surface area contributed by atoms with E-state index in [2.05, 4.69) is 33.4 Å². The molecule has 29 heavy (non-hydrogen) atoms. The number of aromatic nitrogens is 1. The van der Waals surface area contributed by atoms with Gasteiger partial charge in [-0.25, -0.2) is 0 Å². The van der Waals surface area contributed by atoms with Gasteiger partial charge in [-0.15, -0.1) is 0 Å². The van der Waals surface area contributed by atoms with Crippen LogP contribution in [0.4, 0.5) is 0 Å². The van der Waals surface area contributed by atoms with Crippen molar-refractivity contribution in [1.82, 2.24) is 15.2 Å². The standard InChI is InChI=1S/C24H27N3O2/c28-24(18-29-23-6-5-21-3-1-2-4-22(21)15-23)26-16-19-9-13-27(14-10-19)17-20-7-11-25-12-8-20/h1-8,11-12,15,19H,9-10,13-14,16-18H2,(H,26,28). The molecule has 1 aromatic heterocycles. The average Bonchev–Trinajstić information content (AvgIpc) is 2.78. The predicted octanol–water partition coefficient (Wildman–Crippen LogP) is 3.64. The second-order valence-corrected chi connectivity index (χ2v) is 7.68. The van der Waals surface area contributed by atoms with Gasteiger partial charge in [0.15, 0.2) is 6.61 Å². The summed E-state index contributed by atoms with van der Waals surface area (Å²) < 4.78 is 5.67. The molecule has 3 aromatic rings. The van der Waals surface area contributed by atoms with E-state index in [0.29, 0.717) is 5.92 Å². The minimum absolute atomic E-state index is 0.0548. The van der Waals surface area contributed by atoms with E-state index < -0.39 is 0 Å². The Balaban J connectivity index is 1.16. The number of nitrogens with one attached hydrogen (secondary N) is 1. The fourth-order valence-corrected chi connectivity index (χ4v) is 3.81. The molecule has 2 aromatic carbocycles. The van der Waals surface area contributed by atoms with Crippen molar-refractivity contribution in [2.45, 2.75) is 19.4 Å². The fourth-order valence-electron chi connectivity index (χ4n) is 3.81. The van der Waals surface area contributed by atoms with Crippen LogP contribution in [-0.4, -0.2) is 42.0 Å². The van der Waals surface area contributed by atoms with Crippen LogP contribution >= 0.6 is 0 Å². The molecule has 1 amide bonds. The molecule has 1 saturated heterocycles. The first-order valence-corrected chi connectivity index (χ1v) is 10.3. The Morgan fingerprint density at radius 2 is 1.79 bits per heavy atom. The first kappa shape index (κ1) is 19.4. The van der Waals surface area contributed by atoms with Crippen LogP contribution in [0.3, 0.4) is 0 Å². The van der Waals surface area contributed by atoms with E-state index in [9.17, 15) is 4.79 Å². The van der Waals surface area contributed by atoms with Gasteiger partial charge in [-0.05, 0) is 72.5 Å². The van der Waals surface area contributed by atoms with E-state index >= 15 is 0 Å². The summed E-state index contributed by atoms with van der Waals surface area (Å²) >= 11 is 0. The minimum Gasteiger partial charge on any atom is -0.484 e. The highest BCUT2D eigenvalue weighted by atomic mass is 16.5. The summed E-state index contributed by atoms with van der Waals surface area (Å²) in [4.78, 5) is 18.7. The number of carbonyl (C=O) groups excluding carboxylic acids is 1. The maximum Gasteiger partial charge on any atom is 0.257 e. The lowest BCUT2D eigenvalue weighted by Gasteiger charge is -2.32. The van der Waals surface area contributed by atoms with Gasteiger partial charge in [0.25, 0.3) is 5.91 Å². The van der Waals surface area contributed by atoms with Crippen molar-refractivity contribution in [3.05, 3.63) is 72.6 Å². The minimum atomic E-state index is -0.0580.